The molecule has 0 saturated carbocycles. The van der Waals surface area contributed by atoms with Crippen molar-refractivity contribution in [1.82, 2.24) is 10.0 Å². The van der Waals surface area contributed by atoms with E-state index in [2.05, 4.69) is 10.0 Å². The van der Waals surface area contributed by atoms with E-state index >= 15 is 0 Å². The molecule has 2 aliphatic rings. The van der Waals surface area contributed by atoms with Crippen LogP contribution in [0.2, 0.25) is 0 Å². The van der Waals surface area contributed by atoms with Gasteiger partial charge in [-0.1, -0.05) is 6.42 Å². The lowest BCUT2D eigenvalue weighted by Gasteiger charge is -2.29. The normalized spacial score (nSPS) is 31.4. The summed E-state index contributed by atoms with van der Waals surface area (Å²) in [5.74, 6) is 0.101. The number of hydrogen-bond donors (Lipinski definition) is 2. The third-order valence-corrected chi connectivity index (χ3v) is 5.29. The van der Waals surface area contributed by atoms with Gasteiger partial charge in [-0.15, -0.1) is 0 Å². The summed E-state index contributed by atoms with van der Waals surface area (Å²) in [5, 5.41) is 3.38. The molecule has 0 aliphatic carbocycles. The Labute approximate surface area is 110 Å². The maximum absolute atomic E-state index is 12.0. The first-order valence-electron chi connectivity index (χ1n) is 6.92. The van der Waals surface area contributed by atoms with Gasteiger partial charge in [0.2, 0.25) is 10.0 Å². The molecular formula is C12H24N2O3S. The van der Waals surface area contributed by atoms with Crippen LogP contribution in [0.25, 0.3) is 0 Å². The monoisotopic (exact) mass is 276 g/mol. The topological polar surface area (TPSA) is 67.4 Å². The Hall–Kier alpha value is -0.170. The van der Waals surface area contributed by atoms with Crippen LogP contribution in [0.1, 0.15) is 39.0 Å². The highest BCUT2D eigenvalue weighted by atomic mass is 32.2. The maximum Gasteiger partial charge on any atom is 0.214 e. The average Bonchev–Trinajstić information content (AvgIpc) is 2.81. The molecule has 18 heavy (non-hydrogen) atoms. The summed E-state index contributed by atoms with van der Waals surface area (Å²) in [5.41, 5.74) is 0. The molecule has 0 aromatic rings. The second-order valence-electron chi connectivity index (χ2n) is 5.38. The predicted molar refractivity (Wildman–Crippen MR) is 71.0 cm³/mol. The Balaban J connectivity index is 1.82. The van der Waals surface area contributed by atoms with E-state index in [0.717, 1.165) is 25.8 Å². The van der Waals surface area contributed by atoms with Crippen LogP contribution < -0.4 is 10.0 Å². The second-order valence-corrected chi connectivity index (χ2v) is 7.18. The van der Waals surface area contributed by atoms with Crippen LogP contribution in [0.5, 0.6) is 0 Å². The van der Waals surface area contributed by atoms with Crippen molar-refractivity contribution >= 4 is 10.0 Å². The molecule has 2 aliphatic heterocycles. The van der Waals surface area contributed by atoms with E-state index in [1.54, 1.807) is 0 Å². The minimum absolute atomic E-state index is 0.0447. The number of ether oxygens (including phenoxy) is 1. The molecule has 106 valence electrons. The van der Waals surface area contributed by atoms with Gasteiger partial charge in [0.15, 0.2) is 0 Å². The van der Waals surface area contributed by atoms with Crippen LogP contribution in [0.3, 0.4) is 0 Å². The van der Waals surface area contributed by atoms with Crippen molar-refractivity contribution in [3.8, 4) is 0 Å². The van der Waals surface area contributed by atoms with Gasteiger partial charge in [-0.3, -0.25) is 0 Å². The van der Waals surface area contributed by atoms with Gasteiger partial charge < -0.3 is 10.1 Å². The molecule has 2 fully saturated rings. The van der Waals surface area contributed by atoms with Crippen LogP contribution in [0, 0.1) is 0 Å². The Bertz CT molecular complexity index is 346. The summed E-state index contributed by atoms with van der Waals surface area (Å²) < 4.78 is 32.2. The highest BCUT2D eigenvalue weighted by Crippen LogP contribution is 2.15. The lowest BCUT2D eigenvalue weighted by Crippen LogP contribution is -2.51. The van der Waals surface area contributed by atoms with Gasteiger partial charge in [-0.2, -0.15) is 0 Å². The third kappa shape index (κ3) is 4.19. The predicted octanol–water partition coefficient (Wildman–Crippen LogP) is 0.615. The lowest BCUT2D eigenvalue weighted by atomic mass is 10.00. The highest BCUT2D eigenvalue weighted by Gasteiger charge is 2.27. The molecule has 2 N–H and O–H groups in total. The zero-order valence-corrected chi connectivity index (χ0v) is 11.8. The Morgan fingerprint density at radius 3 is 2.78 bits per heavy atom. The van der Waals surface area contributed by atoms with Crippen molar-refractivity contribution < 1.29 is 13.2 Å². The fourth-order valence-corrected chi connectivity index (χ4v) is 4.32. The zero-order chi connectivity index (χ0) is 13.0. The fourth-order valence-electron chi connectivity index (χ4n) is 2.74. The largest absolute Gasteiger partial charge is 0.377 e. The summed E-state index contributed by atoms with van der Waals surface area (Å²) in [6.07, 6.45) is 5.12. The van der Waals surface area contributed by atoms with E-state index < -0.39 is 10.0 Å². The van der Waals surface area contributed by atoms with Crippen LogP contribution in [0.4, 0.5) is 0 Å². The smallest absolute Gasteiger partial charge is 0.214 e. The standard InChI is InChI=1S/C12H24N2O3S/c1-10(12-6-2-3-7-13-12)14-18(15,16)9-11-5-4-8-17-11/h10-14H,2-9H2,1H3. The Morgan fingerprint density at radius 2 is 2.17 bits per heavy atom. The molecule has 3 atom stereocenters. The van der Waals surface area contributed by atoms with Crippen LogP contribution in [-0.4, -0.2) is 45.5 Å². The molecule has 2 rings (SSSR count). The molecule has 0 aromatic carbocycles. The minimum Gasteiger partial charge on any atom is -0.377 e. The fraction of sp³-hybridized carbons (Fsp3) is 1.00. The number of rotatable bonds is 5. The summed E-state index contributed by atoms with van der Waals surface area (Å²) in [7, 11) is -3.23. The molecule has 0 aromatic heterocycles. The summed E-state index contributed by atoms with van der Waals surface area (Å²) in [4.78, 5) is 0. The molecular weight excluding hydrogens is 252 g/mol. The van der Waals surface area contributed by atoms with Crippen LogP contribution >= 0.6 is 0 Å². The molecule has 0 bridgehead atoms. The highest BCUT2D eigenvalue weighted by molar-refractivity contribution is 7.89. The first-order chi connectivity index (χ1) is 8.57. The van der Waals surface area contributed by atoms with Gasteiger partial charge in [-0.25, -0.2) is 13.1 Å². The quantitative estimate of drug-likeness (QED) is 0.772. The van der Waals surface area contributed by atoms with Gasteiger partial charge in [0.1, 0.15) is 0 Å². The number of hydrogen-bond acceptors (Lipinski definition) is 4. The first kappa shape index (κ1) is 14.2. The molecule has 2 saturated heterocycles. The van der Waals surface area contributed by atoms with E-state index in [1.165, 1.54) is 12.8 Å². The number of sulfonamides is 1. The summed E-state index contributed by atoms with van der Waals surface area (Å²) in [6, 6.07) is 0.217. The molecule has 2 heterocycles. The number of piperidine rings is 1. The zero-order valence-electron chi connectivity index (χ0n) is 11.0. The molecule has 0 radical (unpaired) electrons. The molecule has 6 heteroatoms. The first-order valence-corrected chi connectivity index (χ1v) is 8.57. The van der Waals surface area contributed by atoms with E-state index in [0.29, 0.717) is 6.61 Å². The Kier molecular flexibility index (Phi) is 5.00. The van der Waals surface area contributed by atoms with Crippen LogP contribution in [0.15, 0.2) is 0 Å². The molecule has 0 spiro atoms. The van der Waals surface area contributed by atoms with Crippen molar-refractivity contribution in [1.29, 1.82) is 0 Å². The SMILES string of the molecule is CC(NS(=O)(=O)CC1CCCO1)C1CCCCN1. The molecule has 5 nitrogen and oxygen atoms in total. The van der Waals surface area contributed by atoms with Crippen molar-refractivity contribution in [2.45, 2.75) is 57.2 Å². The van der Waals surface area contributed by atoms with Gasteiger partial charge in [0.25, 0.3) is 0 Å². The van der Waals surface area contributed by atoms with Crippen molar-refractivity contribution in [2.75, 3.05) is 18.9 Å². The average molecular weight is 276 g/mol. The van der Waals surface area contributed by atoms with Gasteiger partial charge in [-0.05, 0) is 39.2 Å². The van der Waals surface area contributed by atoms with E-state index in [9.17, 15) is 8.42 Å². The lowest BCUT2D eigenvalue weighted by molar-refractivity contribution is 0.127. The number of nitrogens with one attached hydrogen (secondary N) is 2. The van der Waals surface area contributed by atoms with E-state index in [-0.39, 0.29) is 23.9 Å². The minimum atomic E-state index is -3.23. The summed E-state index contributed by atoms with van der Waals surface area (Å²) >= 11 is 0. The third-order valence-electron chi connectivity index (χ3n) is 3.75. The van der Waals surface area contributed by atoms with Crippen LogP contribution in [-0.2, 0) is 14.8 Å². The van der Waals surface area contributed by atoms with Gasteiger partial charge in [0.05, 0.1) is 11.9 Å². The van der Waals surface area contributed by atoms with Gasteiger partial charge >= 0.3 is 0 Å². The maximum atomic E-state index is 12.0. The van der Waals surface area contributed by atoms with Crippen molar-refractivity contribution in [3.63, 3.8) is 0 Å². The van der Waals surface area contributed by atoms with Gasteiger partial charge in [0, 0.05) is 18.7 Å². The van der Waals surface area contributed by atoms with E-state index in [1.807, 2.05) is 6.92 Å². The molecule has 0 amide bonds. The second kappa shape index (κ2) is 6.32. The van der Waals surface area contributed by atoms with Crippen molar-refractivity contribution in [3.05, 3.63) is 0 Å². The van der Waals surface area contributed by atoms with E-state index in [4.69, 9.17) is 4.74 Å². The molecule has 3 unspecified atom stereocenters. The Morgan fingerprint density at radius 1 is 1.33 bits per heavy atom. The van der Waals surface area contributed by atoms with Crippen molar-refractivity contribution in [2.24, 2.45) is 0 Å². The summed E-state index contributed by atoms with van der Waals surface area (Å²) in [6.45, 7) is 3.62.